The lowest BCUT2D eigenvalue weighted by molar-refractivity contribution is -0.144. The third-order valence-corrected chi connectivity index (χ3v) is 6.92. The Morgan fingerprint density at radius 1 is 1.32 bits per heavy atom. The van der Waals surface area contributed by atoms with Gasteiger partial charge in [-0.3, -0.25) is 9.59 Å². The van der Waals surface area contributed by atoms with E-state index in [0.717, 1.165) is 43.6 Å². The summed E-state index contributed by atoms with van der Waals surface area (Å²) < 4.78 is 5.89. The highest BCUT2D eigenvalue weighted by atomic mass is 16.6. The molecule has 0 aromatic heterocycles. The SMILES string of the molecule is CC1=C2[C@H]3OC(=O)C(CN4CCCC(C)C4)[C@@H]3CC[C@@]2(C)C=CC1=O. The zero-order valence-electron chi connectivity index (χ0n) is 15.6. The van der Waals surface area contributed by atoms with Gasteiger partial charge in [-0.25, -0.2) is 0 Å². The molecule has 0 bridgehead atoms. The molecule has 136 valence electrons. The molecule has 25 heavy (non-hydrogen) atoms. The first-order valence-corrected chi connectivity index (χ1v) is 9.77. The molecule has 0 radical (unpaired) electrons. The molecule has 5 atom stereocenters. The molecule has 0 aromatic carbocycles. The number of carbonyl (C=O) groups excluding carboxylic acids is 2. The molecule has 2 heterocycles. The van der Waals surface area contributed by atoms with Crippen LogP contribution in [-0.2, 0) is 14.3 Å². The lowest BCUT2D eigenvalue weighted by Crippen LogP contribution is -2.43. The zero-order chi connectivity index (χ0) is 17.8. The number of fused-ring (bicyclic) bond motifs is 3. The number of carbonyl (C=O) groups is 2. The minimum Gasteiger partial charge on any atom is -0.457 e. The van der Waals surface area contributed by atoms with E-state index in [0.29, 0.717) is 5.92 Å². The van der Waals surface area contributed by atoms with Crippen LogP contribution in [0.15, 0.2) is 23.3 Å². The summed E-state index contributed by atoms with van der Waals surface area (Å²) in [6.07, 6.45) is 8.02. The molecule has 4 heteroatoms. The summed E-state index contributed by atoms with van der Waals surface area (Å²) >= 11 is 0. The fraction of sp³-hybridized carbons (Fsp3) is 0.714. The molecule has 2 aliphatic carbocycles. The van der Waals surface area contributed by atoms with Gasteiger partial charge in [0.15, 0.2) is 5.78 Å². The smallest absolute Gasteiger partial charge is 0.311 e. The third kappa shape index (κ3) is 2.79. The Bertz CT molecular complexity index is 664. The van der Waals surface area contributed by atoms with Crippen molar-refractivity contribution in [3.63, 3.8) is 0 Å². The van der Waals surface area contributed by atoms with Crippen LogP contribution in [0.5, 0.6) is 0 Å². The Morgan fingerprint density at radius 2 is 2.12 bits per heavy atom. The van der Waals surface area contributed by atoms with E-state index in [1.165, 1.54) is 12.8 Å². The molecule has 4 nitrogen and oxygen atoms in total. The maximum absolute atomic E-state index is 12.7. The summed E-state index contributed by atoms with van der Waals surface area (Å²) in [5.74, 6) is 0.906. The van der Waals surface area contributed by atoms with Crippen LogP contribution < -0.4 is 0 Å². The number of piperidine rings is 1. The second kappa shape index (κ2) is 6.08. The van der Waals surface area contributed by atoms with Crippen molar-refractivity contribution in [2.45, 2.75) is 52.6 Å². The number of likely N-dealkylation sites (tertiary alicyclic amines) is 1. The summed E-state index contributed by atoms with van der Waals surface area (Å²) in [6, 6.07) is 0. The van der Waals surface area contributed by atoms with Gasteiger partial charge >= 0.3 is 5.97 Å². The minimum atomic E-state index is -0.202. The van der Waals surface area contributed by atoms with Gasteiger partial charge in [-0.15, -0.1) is 0 Å². The number of ether oxygens (including phenoxy) is 1. The van der Waals surface area contributed by atoms with Crippen LogP contribution in [0.1, 0.15) is 46.5 Å². The van der Waals surface area contributed by atoms with Crippen LogP contribution in [0.2, 0.25) is 0 Å². The van der Waals surface area contributed by atoms with E-state index < -0.39 is 0 Å². The van der Waals surface area contributed by atoms with E-state index in [-0.39, 0.29) is 35.1 Å². The van der Waals surface area contributed by atoms with Crippen LogP contribution >= 0.6 is 0 Å². The molecule has 0 spiro atoms. The van der Waals surface area contributed by atoms with Crippen LogP contribution in [0, 0.1) is 23.2 Å². The Kier molecular flexibility index (Phi) is 4.14. The van der Waals surface area contributed by atoms with Crippen LogP contribution in [-0.4, -0.2) is 42.4 Å². The van der Waals surface area contributed by atoms with Crippen molar-refractivity contribution >= 4 is 11.8 Å². The van der Waals surface area contributed by atoms with Crippen LogP contribution in [0.3, 0.4) is 0 Å². The van der Waals surface area contributed by atoms with Gasteiger partial charge in [-0.1, -0.05) is 19.9 Å². The second-order valence-corrected chi connectivity index (χ2v) is 8.83. The fourth-order valence-electron chi connectivity index (χ4n) is 5.51. The highest BCUT2D eigenvalue weighted by molar-refractivity contribution is 6.05. The first-order chi connectivity index (χ1) is 11.9. The van der Waals surface area contributed by atoms with Crippen molar-refractivity contribution in [3.05, 3.63) is 23.3 Å². The fourth-order valence-corrected chi connectivity index (χ4v) is 5.51. The molecular weight excluding hydrogens is 314 g/mol. The molecule has 1 saturated carbocycles. The quantitative estimate of drug-likeness (QED) is 0.723. The topological polar surface area (TPSA) is 46.6 Å². The van der Waals surface area contributed by atoms with E-state index in [9.17, 15) is 9.59 Å². The first kappa shape index (κ1) is 17.0. The molecule has 4 aliphatic rings. The lowest BCUT2D eigenvalue weighted by Gasteiger charge is -2.43. The number of rotatable bonds is 2. The number of esters is 1. The molecule has 3 fully saturated rings. The van der Waals surface area contributed by atoms with Crippen molar-refractivity contribution < 1.29 is 14.3 Å². The predicted octanol–water partition coefficient (Wildman–Crippen LogP) is 3.13. The average molecular weight is 343 g/mol. The summed E-state index contributed by atoms with van der Waals surface area (Å²) in [7, 11) is 0. The van der Waals surface area contributed by atoms with Crippen molar-refractivity contribution in [2.24, 2.45) is 23.2 Å². The van der Waals surface area contributed by atoms with Crippen LogP contribution in [0.4, 0.5) is 0 Å². The van der Waals surface area contributed by atoms with Crippen LogP contribution in [0.25, 0.3) is 0 Å². The number of nitrogens with zero attached hydrogens (tertiary/aromatic N) is 1. The number of hydrogen-bond donors (Lipinski definition) is 0. The first-order valence-electron chi connectivity index (χ1n) is 9.77. The Labute approximate surface area is 150 Å². The minimum absolute atomic E-state index is 0.0406. The molecule has 2 aliphatic heterocycles. The highest BCUT2D eigenvalue weighted by Crippen LogP contribution is 2.53. The molecule has 0 aromatic rings. The van der Waals surface area contributed by atoms with Gasteiger partial charge in [0, 0.05) is 30.0 Å². The number of allylic oxidation sites excluding steroid dienone is 3. The largest absolute Gasteiger partial charge is 0.457 e. The van der Waals surface area contributed by atoms with E-state index >= 15 is 0 Å². The molecular formula is C21H29NO3. The predicted molar refractivity (Wildman–Crippen MR) is 95.9 cm³/mol. The maximum Gasteiger partial charge on any atom is 0.311 e. The summed E-state index contributed by atoms with van der Waals surface area (Å²) in [5.41, 5.74) is 1.73. The normalized spacial score (nSPS) is 41.6. The van der Waals surface area contributed by atoms with Gasteiger partial charge in [-0.2, -0.15) is 0 Å². The van der Waals surface area contributed by atoms with Gasteiger partial charge in [0.05, 0.1) is 5.92 Å². The van der Waals surface area contributed by atoms with Crippen molar-refractivity contribution in [3.8, 4) is 0 Å². The Balaban J connectivity index is 1.58. The third-order valence-electron chi connectivity index (χ3n) is 6.92. The van der Waals surface area contributed by atoms with Crippen molar-refractivity contribution in [1.29, 1.82) is 0 Å². The van der Waals surface area contributed by atoms with Crippen molar-refractivity contribution in [1.82, 2.24) is 4.90 Å². The highest BCUT2D eigenvalue weighted by Gasteiger charge is 2.54. The van der Waals surface area contributed by atoms with Gasteiger partial charge in [0.2, 0.25) is 0 Å². The summed E-state index contributed by atoms with van der Waals surface area (Å²) in [5, 5.41) is 0. The maximum atomic E-state index is 12.7. The average Bonchev–Trinajstić information content (AvgIpc) is 2.87. The van der Waals surface area contributed by atoms with E-state index in [1.54, 1.807) is 6.08 Å². The van der Waals surface area contributed by atoms with E-state index in [1.807, 2.05) is 13.0 Å². The van der Waals surface area contributed by atoms with E-state index in [2.05, 4.69) is 18.7 Å². The Morgan fingerprint density at radius 3 is 2.88 bits per heavy atom. The number of ketones is 1. The molecule has 0 amide bonds. The zero-order valence-corrected chi connectivity index (χ0v) is 15.6. The van der Waals surface area contributed by atoms with E-state index in [4.69, 9.17) is 4.74 Å². The Hall–Kier alpha value is -1.42. The summed E-state index contributed by atoms with van der Waals surface area (Å²) in [6.45, 7) is 9.36. The summed E-state index contributed by atoms with van der Waals surface area (Å²) in [4.78, 5) is 27.3. The van der Waals surface area contributed by atoms with Crippen molar-refractivity contribution in [2.75, 3.05) is 19.6 Å². The van der Waals surface area contributed by atoms with Gasteiger partial charge in [0.1, 0.15) is 6.10 Å². The van der Waals surface area contributed by atoms with Gasteiger partial charge in [0.25, 0.3) is 0 Å². The molecule has 0 N–H and O–H groups in total. The number of hydrogen-bond acceptors (Lipinski definition) is 4. The molecule has 4 rings (SSSR count). The van der Waals surface area contributed by atoms with Gasteiger partial charge in [-0.05, 0) is 56.7 Å². The lowest BCUT2D eigenvalue weighted by atomic mass is 9.61. The molecule has 2 unspecified atom stereocenters. The van der Waals surface area contributed by atoms with Gasteiger partial charge < -0.3 is 9.64 Å². The second-order valence-electron chi connectivity index (χ2n) is 8.83. The monoisotopic (exact) mass is 343 g/mol. The standard InChI is InChI=1S/C21H29NO3/c1-13-5-4-10-22(11-13)12-16-15-6-8-21(3)9-7-17(23)14(2)18(21)19(15)25-20(16)24/h7,9,13,15-16,19H,4-6,8,10-12H2,1-3H3/t13?,15-,16?,19-,21-/m0/s1. The molecule has 2 saturated heterocycles.